The molecule has 0 aliphatic carbocycles. The van der Waals surface area contributed by atoms with E-state index in [1.54, 1.807) is 30.3 Å². The van der Waals surface area contributed by atoms with Crippen LogP contribution < -0.4 is 11.1 Å². The Balaban J connectivity index is 1.24. The van der Waals surface area contributed by atoms with Gasteiger partial charge in [0.1, 0.15) is 29.0 Å². The number of nitrogens with zero attached hydrogens (tertiary/aromatic N) is 3. The van der Waals surface area contributed by atoms with Crippen molar-refractivity contribution < 1.29 is 19.1 Å². The van der Waals surface area contributed by atoms with Gasteiger partial charge in [-0.1, -0.05) is 66.8 Å². The van der Waals surface area contributed by atoms with Gasteiger partial charge in [-0.3, -0.25) is 9.59 Å². The lowest BCUT2D eigenvalue weighted by atomic mass is 10.0. The molecule has 46 heavy (non-hydrogen) atoms. The van der Waals surface area contributed by atoms with Gasteiger partial charge in [0.2, 0.25) is 5.91 Å². The van der Waals surface area contributed by atoms with E-state index in [2.05, 4.69) is 10.3 Å². The summed E-state index contributed by atoms with van der Waals surface area (Å²) >= 11 is 5.57. The molecule has 0 radical (unpaired) electrons. The molecule has 2 atom stereocenters. The molecule has 1 amide bonds. The van der Waals surface area contributed by atoms with Crippen LogP contribution in [0.1, 0.15) is 47.5 Å². The zero-order chi connectivity index (χ0) is 32.5. The van der Waals surface area contributed by atoms with Gasteiger partial charge in [0, 0.05) is 63.0 Å². The van der Waals surface area contributed by atoms with E-state index >= 15 is 0 Å². The topological polar surface area (TPSA) is 121 Å². The van der Waals surface area contributed by atoms with Crippen LogP contribution in [0.5, 0.6) is 5.75 Å². The Morgan fingerprint density at radius 2 is 1.65 bits per heavy atom. The fourth-order valence-electron chi connectivity index (χ4n) is 5.55. The number of likely N-dealkylation sites (tertiary alicyclic amines) is 1. The van der Waals surface area contributed by atoms with Crippen molar-refractivity contribution in [2.45, 2.75) is 57.5 Å². The second kappa shape index (κ2) is 15.6. The van der Waals surface area contributed by atoms with E-state index < -0.39 is 6.04 Å². The smallest absolute Gasteiger partial charge is 0.230 e. The molecule has 5 rings (SSSR count). The van der Waals surface area contributed by atoms with Crippen molar-refractivity contribution >= 4 is 34.7 Å². The van der Waals surface area contributed by atoms with Crippen molar-refractivity contribution in [3.63, 3.8) is 0 Å². The van der Waals surface area contributed by atoms with Crippen LogP contribution in [0.4, 0.5) is 10.2 Å². The van der Waals surface area contributed by atoms with Crippen LogP contribution in [0.15, 0.2) is 84.9 Å². The Labute approximate surface area is 273 Å². The Morgan fingerprint density at radius 3 is 2.39 bits per heavy atom. The van der Waals surface area contributed by atoms with Crippen LogP contribution in [0.3, 0.4) is 0 Å². The summed E-state index contributed by atoms with van der Waals surface area (Å²) in [6.07, 6.45) is 3.25. The van der Waals surface area contributed by atoms with Crippen LogP contribution in [-0.2, 0) is 41.8 Å². The standard InChI is InChI=1S/C36H38FN5O3S/c37-28-12-6-26(7-13-28)22-42-23-27(18-35(42)46)36(45)41-34-21-30(39-33(40-34)17-11-25-8-14-31(43)15-9-25)19-29(38)20-32(44)16-10-24-4-2-1-3-5-24/h1-9,12-15,21,27,29,43H,10-11,16-20,22-23,38H2,(H,39,40,41,45). The average Bonchev–Trinajstić information content (AvgIpc) is 3.41. The lowest BCUT2D eigenvalue weighted by molar-refractivity contribution is -0.120. The number of aryl methyl sites for hydroxylation is 3. The summed E-state index contributed by atoms with van der Waals surface area (Å²) in [5.41, 5.74) is 10.1. The number of aromatic hydroxyl groups is 1. The Kier molecular flexibility index (Phi) is 11.2. The summed E-state index contributed by atoms with van der Waals surface area (Å²) in [6.45, 7) is 0.952. The van der Waals surface area contributed by atoms with E-state index in [1.807, 2.05) is 47.4 Å². The number of carbonyl (C=O) groups is 2. The van der Waals surface area contributed by atoms with Crippen molar-refractivity contribution in [3.8, 4) is 5.75 Å². The largest absolute Gasteiger partial charge is 0.508 e. The fraction of sp³-hybridized carbons (Fsp3) is 0.306. The van der Waals surface area contributed by atoms with Gasteiger partial charge in [-0.25, -0.2) is 14.4 Å². The third-order valence-electron chi connectivity index (χ3n) is 8.02. The number of halogens is 1. The first-order valence-corrected chi connectivity index (χ1v) is 15.9. The highest BCUT2D eigenvalue weighted by atomic mass is 32.1. The normalized spacial score (nSPS) is 15.1. The van der Waals surface area contributed by atoms with Gasteiger partial charge in [-0.05, 0) is 53.8 Å². The number of benzene rings is 3. The van der Waals surface area contributed by atoms with Gasteiger partial charge < -0.3 is 21.1 Å². The third-order valence-corrected chi connectivity index (χ3v) is 8.44. The van der Waals surface area contributed by atoms with Crippen LogP contribution in [-0.4, -0.2) is 49.2 Å². The zero-order valence-corrected chi connectivity index (χ0v) is 26.4. The number of hydrogen-bond donors (Lipinski definition) is 3. The molecule has 1 fully saturated rings. The van der Waals surface area contributed by atoms with Crippen LogP contribution >= 0.6 is 12.2 Å². The number of hydrogen-bond acceptors (Lipinski definition) is 7. The Bertz CT molecular complexity index is 1650. The van der Waals surface area contributed by atoms with Crippen molar-refractivity contribution in [2.24, 2.45) is 11.7 Å². The lowest BCUT2D eigenvalue weighted by Crippen LogP contribution is -2.29. The molecule has 1 aliphatic heterocycles. The number of phenols is 1. The van der Waals surface area contributed by atoms with E-state index in [4.69, 9.17) is 22.9 Å². The number of carbonyl (C=O) groups excluding carboxylic acids is 2. The van der Waals surface area contributed by atoms with Gasteiger partial charge in [-0.2, -0.15) is 0 Å². The van der Waals surface area contributed by atoms with E-state index in [0.29, 0.717) is 73.9 Å². The minimum absolute atomic E-state index is 0.0916. The van der Waals surface area contributed by atoms with Crippen LogP contribution in [0.25, 0.3) is 0 Å². The first-order chi connectivity index (χ1) is 22.2. The number of amides is 1. The molecule has 1 aliphatic rings. The summed E-state index contributed by atoms with van der Waals surface area (Å²) < 4.78 is 13.3. The Hall–Kier alpha value is -4.54. The summed E-state index contributed by atoms with van der Waals surface area (Å²) in [4.78, 5) is 38.1. The number of ketones is 1. The highest BCUT2D eigenvalue weighted by Gasteiger charge is 2.32. The SMILES string of the molecule is NC(CC(=O)CCc1ccccc1)Cc1cc(NC(=O)C2CC(=S)N(Cc3ccc(F)cc3)C2)nc(CCc2ccc(O)cc2)n1. The van der Waals surface area contributed by atoms with Crippen LogP contribution in [0.2, 0.25) is 0 Å². The molecule has 238 valence electrons. The number of anilines is 1. The van der Waals surface area contributed by atoms with Crippen molar-refractivity contribution in [3.05, 3.63) is 119 Å². The second-order valence-electron chi connectivity index (χ2n) is 11.8. The first-order valence-electron chi connectivity index (χ1n) is 15.5. The summed E-state index contributed by atoms with van der Waals surface area (Å²) in [5, 5.41) is 12.6. The quantitative estimate of drug-likeness (QED) is 0.158. The maximum atomic E-state index is 13.4. The molecule has 4 N–H and O–H groups in total. The number of nitrogens with one attached hydrogen (secondary N) is 1. The van der Waals surface area contributed by atoms with E-state index in [9.17, 15) is 19.1 Å². The van der Waals surface area contributed by atoms with E-state index in [1.165, 1.54) is 12.1 Å². The molecule has 2 heterocycles. The highest BCUT2D eigenvalue weighted by Crippen LogP contribution is 2.24. The Morgan fingerprint density at radius 1 is 0.957 bits per heavy atom. The third kappa shape index (κ3) is 9.73. The number of nitrogens with two attached hydrogens (primary N) is 1. The lowest BCUT2D eigenvalue weighted by Gasteiger charge is -2.18. The van der Waals surface area contributed by atoms with E-state index in [-0.39, 0.29) is 35.6 Å². The molecule has 2 unspecified atom stereocenters. The average molecular weight is 640 g/mol. The first kappa shape index (κ1) is 32.8. The molecule has 8 nitrogen and oxygen atoms in total. The van der Waals surface area contributed by atoms with Gasteiger partial charge in [0.05, 0.1) is 10.9 Å². The van der Waals surface area contributed by atoms with Crippen molar-refractivity contribution in [2.75, 3.05) is 11.9 Å². The predicted octanol–water partition coefficient (Wildman–Crippen LogP) is 5.36. The fourth-order valence-corrected chi connectivity index (χ4v) is 5.89. The number of phenolic OH excluding ortho intramolecular Hbond substituents is 1. The molecular weight excluding hydrogens is 601 g/mol. The number of thiocarbonyl (C=S) groups is 1. The van der Waals surface area contributed by atoms with Gasteiger partial charge in [0.15, 0.2) is 0 Å². The van der Waals surface area contributed by atoms with Gasteiger partial charge >= 0.3 is 0 Å². The van der Waals surface area contributed by atoms with Crippen molar-refractivity contribution in [1.82, 2.24) is 14.9 Å². The minimum atomic E-state index is -0.432. The molecule has 1 aromatic heterocycles. The molecule has 1 saturated heterocycles. The minimum Gasteiger partial charge on any atom is -0.508 e. The highest BCUT2D eigenvalue weighted by molar-refractivity contribution is 7.80. The molecule has 0 bridgehead atoms. The molecular formula is C36H38FN5O3S. The number of aromatic nitrogens is 2. The summed E-state index contributed by atoms with van der Waals surface area (Å²) in [5.74, 6) is 0.349. The maximum Gasteiger partial charge on any atom is 0.230 e. The zero-order valence-electron chi connectivity index (χ0n) is 25.6. The summed E-state index contributed by atoms with van der Waals surface area (Å²) in [7, 11) is 0. The molecule has 3 aromatic carbocycles. The molecule has 0 saturated carbocycles. The molecule has 0 spiro atoms. The van der Waals surface area contributed by atoms with Gasteiger partial charge in [0.25, 0.3) is 0 Å². The van der Waals surface area contributed by atoms with Crippen LogP contribution in [0, 0.1) is 11.7 Å². The summed E-state index contributed by atoms with van der Waals surface area (Å²) in [6, 6.07) is 24.4. The van der Waals surface area contributed by atoms with Crippen molar-refractivity contribution in [1.29, 1.82) is 0 Å². The maximum absolute atomic E-state index is 13.4. The number of Topliss-reactive ketones (excluding diaryl/α,β-unsaturated/α-hetero) is 1. The van der Waals surface area contributed by atoms with E-state index in [0.717, 1.165) is 16.7 Å². The monoisotopic (exact) mass is 639 g/mol. The predicted molar refractivity (Wildman–Crippen MR) is 180 cm³/mol. The number of rotatable bonds is 14. The molecule has 4 aromatic rings. The second-order valence-corrected chi connectivity index (χ2v) is 12.3. The van der Waals surface area contributed by atoms with Gasteiger partial charge in [-0.15, -0.1) is 0 Å². The molecule has 10 heteroatoms.